The average Bonchev–Trinajstić information content (AvgIpc) is 2.30. The summed E-state index contributed by atoms with van der Waals surface area (Å²) in [5.41, 5.74) is 0.837. The van der Waals surface area contributed by atoms with Crippen molar-refractivity contribution in [2.75, 3.05) is 17.3 Å². The van der Waals surface area contributed by atoms with Crippen LogP contribution in [0.3, 0.4) is 0 Å². The zero-order valence-electron chi connectivity index (χ0n) is 8.56. The SMILES string of the molecule is CC(CS(C)(=O)=O)Nc1cnn(C)c1. The molecular formula is C8H15N3O2S. The van der Waals surface area contributed by atoms with Crippen molar-refractivity contribution in [2.24, 2.45) is 7.05 Å². The van der Waals surface area contributed by atoms with Crippen LogP contribution in [-0.4, -0.2) is 36.2 Å². The first-order chi connectivity index (χ1) is 6.37. The van der Waals surface area contributed by atoms with E-state index in [-0.39, 0.29) is 11.8 Å². The number of nitrogens with zero attached hydrogens (tertiary/aromatic N) is 2. The zero-order chi connectivity index (χ0) is 10.8. The lowest BCUT2D eigenvalue weighted by Gasteiger charge is -2.11. The van der Waals surface area contributed by atoms with Crippen molar-refractivity contribution in [3.05, 3.63) is 12.4 Å². The lowest BCUT2D eigenvalue weighted by molar-refractivity contribution is 0.598. The molecule has 5 nitrogen and oxygen atoms in total. The largest absolute Gasteiger partial charge is 0.379 e. The second-order valence-corrected chi connectivity index (χ2v) is 5.73. The summed E-state index contributed by atoms with van der Waals surface area (Å²) in [6, 6.07) is -0.103. The Kier molecular flexibility index (Phi) is 3.15. The van der Waals surface area contributed by atoms with Gasteiger partial charge in [0.2, 0.25) is 0 Å². The summed E-state index contributed by atoms with van der Waals surface area (Å²) < 4.78 is 23.6. The van der Waals surface area contributed by atoms with Gasteiger partial charge >= 0.3 is 0 Å². The minimum Gasteiger partial charge on any atom is -0.379 e. The van der Waals surface area contributed by atoms with E-state index in [2.05, 4.69) is 10.4 Å². The Morgan fingerprint density at radius 3 is 2.71 bits per heavy atom. The number of sulfone groups is 1. The summed E-state index contributed by atoms with van der Waals surface area (Å²) in [5.74, 6) is 0.127. The molecule has 0 amide bonds. The van der Waals surface area contributed by atoms with E-state index < -0.39 is 9.84 Å². The third kappa shape index (κ3) is 3.78. The van der Waals surface area contributed by atoms with Crippen LogP contribution in [0, 0.1) is 0 Å². The van der Waals surface area contributed by atoms with Crippen molar-refractivity contribution < 1.29 is 8.42 Å². The van der Waals surface area contributed by atoms with Crippen molar-refractivity contribution >= 4 is 15.5 Å². The first-order valence-electron chi connectivity index (χ1n) is 4.30. The zero-order valence-corrected chi connectivity index (χ0v) is 9.37. The molecule has 1 N–H and O–H groups in total. The number of aromatic nitrogens is 2. The van der Waals surface area contributed by atoms with E-state index in [1.165, 1.54) is 6.26 Å². The standard InChI is InChI=1S/C8H15N3O2S/c1-7(6-14(3,12)13)10-8-4-9-11(2)5-8/h4-5,7,10H,6H2,1-3H3. The van der Waals surface area contributed by atoms with Crippen LogP contribution in [0.25, 0.3) is 0 Å². The minimum absolute atomic E-state index is 0.103. The lowest BCUT2D eigenvalue weighted by atomic mass is 10.4. The third-order valence-electron chi connectivity index (χ3n) is 1.67. The number of nitrogens with one attached hydrogen (secondary N) is 1. The van der Waals surface area contributed by atoms with Gasteiger partial charge in [-0.15, -0.1) is 0 Å². The lowest BCUT2D eigenvalue weighted by Crippen LogP contribution is -2.24. The summed E-state index contributed by atoms with van der Waals surface area (Å²) in [6.45, 7) is 1.83. The van der Waals surface area contributed by atoms with Gasteiger partial charge in [0.05, 0.1) is 17.6 Å². The molecule has 0 saturated carbocycles. The Morgan fingerprint density at radius 1 is 1.64 bits per heavy atom. The normalized spacial score (nSPS) is 13.9. The van der Waals surface area contributed by atoms with Crippen molar-refractivity contribution in [2.45, 2.75) is 13.0 Å². The number of aryl methyl sites for hydroxylation is 1. The van der Waals surface area contributed by atoms with Crippen molar-refractivity contribution in [3.63, 3.8) is 0 Å². The predicted molar refractivity (Wildman–Crippen MR) is 56.0 cm³/mol. The van der Waals surface area contributed by atoms with E-state index in [4.69, 9.17) is 0 Å². The van der Waals surface area contributed by atoms with Gasteiger partial charge in [-0.2, -0.15) is 5.10 Å². The van der Waals surface area contributed by atoms with Gasteiger partial charge in [-0.05, 0) is 6.92 Å². The van der Waals surface area contributed by atoms with Crippen LogP contribution in [0.1, 0.15) is 6.92 Å². The molecule has 1 rings (SSSR count). The topological polar surface area (TPSA) is 64.0 Å². The predicted octanol–water partition coefficient (Wildman–Crippen LogP) is 0.265. The van der Waals surface area contributed by atoms with Crippen molar-refractivity contribution in [3.8, 4) is 0 Å². The number of anilines is 1. The molecule has 0 spiro atoms. The Morgan fingerprint density at radius 2 is 2.29 bits per heavy atom. The quantitative estimate of drug-likeness (QED) is 0.786. The molecule has 0 aliphatic rings. The molecule has 80 valence electrons. The smallest absolute Gasteiger partial charge is 0.149 e. The maximum Gasteiger partial charge on any atom is 0.149 e. The van der Waals surface area contributed by atoms with Gasteiger partial charge < -0.3 is 5.32 Å². The first kappa shape index (κ1) is 11.0. The number of hydrogen-bond donors (Lipinski definition) is 1. The molecule has 6 heteroatoms. The molecule has 1 aromatic heterocycles. The number of rotatable bonds is 4. The van der Waals surface area contributed by atoms with Crippen LogP contribution >= 0.6 is 0 Å². The van der Waals surface area contributed by atoms with E-state index in [1.54, 1.807) is 17.1 Å². The second kappa shape index (κ2) is 4.00. The molecule has 0 radical (unpaired) electrons. The van der Waals surface area contributed by atoms with Gasteiger partial charge in [0, 0.05) is 25.5 Å². The summed E-state index contributed by atoms with van der Waals surface area (Å²) in [4.78, 5) is 0. The van der Waals surface area contributed by atoms with Crippen molar-refractivity contribution in [1.29, 1.82) is 0 Å². The van der Waals surface area contributed by atoms with Gasteiger partial charge in [0.1, 0.15) is 9.84 Å². The van der Waals surface area contributed by atoms with Gasteiger partial charge in [-0.25, -0.2) is 8.42 Å². The van der Waals surface area contributed by atoms with E-state index in [0.717, 1.165) is 5.69 Å². The molecule has 1 unspecified atom stereocenters. The van der Waals surface area contributed by atoms with Crippen LogP contribution in [0.5, 0.6) is 0 Å². The fraction of sp³-hybridized carbons (Fsp3) is 0.625. The van der Waals surface area contributed by atoms with Crippen molar-refractivity contribution in [1.82, 2.24) is 9.78 Å². The first-order valence-corrected chi connectivity index (χ1v) is 6.36. The molecule has 0 aliphatic heterocycles. The summed E-state index contributed by atoms with van der Waals surface area (Å²) in [5, 5.41) is 7.03. The average molecular weight is 217 g/mol. The summed E-state index contributed by atoms with van der Waals surface area (Å²) >= 11 is 0. The molecule has 1 aromatic rings. The highest BCUT2D eigenvalue weighted by atomic mass is 32.2. The molecule has 0 saturated heterocycles. The van der Waals surface area contributed by atoms with Crippen LogP contribution in [0.4, 0.5) is 5.69 Å². The molecule has 0 aromatic carbocycles. The van der Waals surface area contributed by atoms with E-state index in [1.807, 2.05) is 14.0 Å². The van der Waals surface area contributed by atoms with Crippen LogP contribution < -0.4 is 5.32 Å². The highest BCUT2D eigenvalue weighted by molar-refractivity contribution is 7.90. The summed E-state index contributed by atoms with van der Waals surface area (Å²) in [6.07, 6.45) is 4.70. The molecule has 1 atom stereocenters. The number of hydrogen-bond acceptors (Lipinski definition) is 4. The van der Waals surface area contributed by atoms with E-state index in [9.17, 15) is 8.42 Å². The monoisotopic (exact) mass is 217 g/mol. The van der Waals surface area contributed by atoms with Gasteiger partial charge in [-0.3, -0.25) is 4.68 Å². The fourth-order valence-electron chi connectivity index (χ4n) is 1.28. The molecule has 14 heavy (non-hydrogen) atoms. The van der Waals surface area contributed by atoms with E-state index >= 15 is 0 Å². The highest BCUT2D eigenvalue weighted by Crippen LogP contribution is 2.06. The maximum absolute atomic E-state index is 11.0. The minimum atomic E-state index is -2.93. The molecule has 0 bridgehead atoms. The summed E-state index contributed by atoms with van der Waals surface area (Å²) in [7, 11) is -1.11. The Balaban J connectivity index is 2.53. The van der Waals surface area contributed by atoms with Crippen LogP contribution in [0.15, 0.2) is 12.4 Å². The molecule has 1 heterocycles. The van der Waals surface area contributed by atoms with Gasteiger partial charge in [0.15, 0.2) is 0 Å². The highest BCUT2D eigenvalue weighted by Gasteiger charge is 2.10. The van der Waals surface area contributed by atoms with Crippen LogP contribution in [-0.2, 0) is 16.9 Å². The molecule has 0 aliphatic carbocycles. The second-order valence-electron chi connectivity index (χ2n) is 3.54. The van der Waals surface area contributed by atoms with E-state index in [0.29, 0.717) is 0 Å². The Labute approximate surface area is 84.0 Å². The Bertz CT molecular complexity index is 396. The fourth-order valence-corrected chi connectivity index (χ4v) is 2.27. The Hall–Kier alpha value is -1.04. The van der Waals surface area contributed by atoms with Crippen LogP contribution in [0.2, 0.25) is 0 Å². The van der Waals surface area contributed by atoms with Gasteiger partial charge in [-0.1, -0.05) is 0 Å². The third-order valence-corrected chi connectivity index (χ3v) is 2.78. The maximum atomic E-state index is 11.0. The van der Waals surface area contributed by atoms with Gasteiger partial charge in [0.25, 0.3) is 0 Å². The molecule has 0 fully saturated rings. The molecular weight excluding hydrogens is 202 g/mol.